The summed E-state index contributed by atoms with van der Waals surface area (Å²) in [5.41, 5.74) is 2.41. The van der Waals surface area contributed by atoms with E-state index in [1.807, 2.05) is 13.2 Å². The molecule has 44 heavy (non-hydrogen) atoms. The molecule has 0 bridgehead atoms. The number of amides is 1. The predicted octanol–water partition coefficient (Wildman–Crippen LogP) is 5.76. The van der Waals surface area contributed by atoms with Crippen molar-refractivity contribution in [2.24, 2.45) is 7.05 Å². The fraction of sp³-hybridized carbons (Fsp3) is 0.125. The molecule has 2 aromatic carbocycles. The van der Waals surface area contributed by atoms with Crippen molar-refractivity contribution in [2.75, 3.05) is 11.9 Å². The molecule has 2 N–H and O–H groups in total. The van der Waals surface area contributed by atoms with E-state index in [0.717, 1.165) is 17.2 Å². The molecule has 0 saturated carbocycles. The van der Waals surface area contributed by atoms with E-state index in [1.165, 1.54) is 47.2 Å². The van der Waals surface area contributed by atoms with Crippen LogP contribution in [0.2, 0.25) is 0 Å². The van der Waals surface area contributed by atoms with Crippen molar-refractivity contribution in [3.8, 4) is 34.1 Å². The summed E-state index contributed by atoms with van der Waals surface area (Å²) in [6.45, 7) is 2.03. The highest BCUT2D eigenvalue weighted by Gasteiger charge is 2.19. The molecule has 10 nitrogen and oxygen atoms in total. The van der Waals surface area contributed by atoms with E-state index in [9.17, 15) is 14.0 Å². The third-order valence-corrected chi connectivity index (χ3v) is 6.88. The molecule has 0 spiro atoms. The Morgan fingerprint density at radius 3 is 2.59 bits per heavy atom. The number of hydrogen-bond acceptors (Lipinski definition) is 6. The number of carbonyl (C=O) groups excluding carboxylic acids is 1. The van der Waals surface area contributed by atoms with Crippen molar-refractivity contribution in [3.63, 3.8) is 0 Å². The molecule has 0 radical (unpaired) electrons. The Morgan fingerprint density at radius 1 is 1.05 bits per heavy atom. The largest absolute Gasteiger partial charge is 0.493 e. The van der Waals surface area contributed by atoms with Crippen molar-refractivity contribution in [2.45, 2.75) is 13.3 Å². The van der Waals surface area contributed by atoms with Gasteiger partial charge in [0.25, 0.3) is 5.56 Å². The summed E-state index contributed by atoms with van der Waals surface area (Å²) in [4.78, 5) is 33.8. The lowest BCUT2D eigenvalue weighted by atomic mass is 10.1. The molecule has 222 valence electrons. The monoisotopic (exact) mass is 596 g/mol. The molecule has 6 aromatic rings. The quantitative estimate of drug-likeness (QED) is 0.219. The van der Waals surface area contributed by atoms with Crippen LogP contribution in [0.15, 0.2) is 90.4 Å². The Bertz CT molecular complexity index is 2050. The zero-order chi connectivity index (χ0) is 30.8. The van der Waals surface area contributed by atoms with Crippen LogP contribution in [0, 0.1) is 11.6 Å². The smallest absolute Gasteiger partial charge is 0.262 e. The number of pyridine rings is 2. The van der Waals surface area contributed by atoms with Gasteiger partial charge >= 0.3 is 0 Å². The summed E-state index contributed by atoms with van der Waals surface area (Å²) < 4.78 is 43.2. The number of halogens is 2. The molecule has 0 unspecified atom stereocenters. The minimum absolute atomic E-state index is 0.0577. The first kappa shape index (κ1) is 28.3. The zero-order valence-corrected chi connectivity index (χ0v) is 23.7. The number of nitrogens with zero attached hydrogens (tertiary/aromatic N) is 4. The van der Waals surface area contributed by atoms with Gasteiger partial charge in [0.1, 0.15) is 23.0 Å². The van der Waals surface area contributed by atoms with Crippen molar-refractivity contribution in [1.29, 1.82) is 0 Å². The fourth-order valence-corrected chi connectivity index (χ4v) is 4.86. The summed E-state index contributed by atoms with van der Waals surface area (Å²) in [6, 6.07) is 12.6. The number of benzene rings is 2. The van der Waals surface area contributed by atoms with Gasteiger partial charge in [0.05, 0.1) is 30.2 Å². The second kappa shape index (κ2) is 11.8. The van der Waals surface area contributed by atoms with Crippen molar-refractivity contribution in [1.82, 2.24) is 24.3 Å². The maximum absolute atomic E-state index is 15.3. The van der Waals surface area contributed by atoms with Crippen molar-refractivity contribution >= 4 is 22.6 Å². The van der Waals surface area contributed by atoms with Gasteiger partial charge < -0.3 is 19.8 Å². The first-order valence-corrected chi connectivity index (χ1v) is 13.7. The Balaban J connectivity index is 1.22. The average Bonchev–Trinajstić information content (AvgIpc) is 3.64. The van der Waals surface area contributed by atoms with E-state index in [1.54, 1.807) is 42.3 Å². The lowest BCUT2D eigenvalue weighted by Crippen LogP contribution is -2.26. The first-order chi connectivity index (χ1) is 21.3. The standard InChI is InChI=1S/C32H26F2N6O4/c1-3-43-26-11-13-40(22-7-4-20(33)5-8-22)32(42)23(26)15-29(41)38-21-6-9-27(25(34)14-21)44-28-10-12-35-31-30(28)24(17-36-31)19-16-37-39(2)18-19/h4-14,16-18H,3,15H2,1-2H3,(H,35,36)(H,38,41). The number of carbonyl (C=O) groups is 1. The molecule has 4 heterocycles. The lowest BCUT2D eigenvalue weighted by molar-refractivity contribution is -0.115. The molecular weight excluding hydrogens is 570 g/mol. The van der Waals surface area contributed by atoms with Crippen LogP contribution >= 0.6 is 0 Å². The van der Waals surface area contributed by atoms with Gasteiger partial charge in [-0.25, -0.2) is 13.8 Å². The van der Waals surface area contributed by atoms with Crippen molar-refractivity contribution in [3.05, 3.63) is 113 Å². The Morgan fingerprint density at radius 2 is 1.86 bits per heavy atom. The van der Waals surface area contributed by atoms with Crippen LogP contribution in [-0.4, -0.2) is 36.8 Å². The maximum Gasteiger partial charge on any atom is 0.262 e. The molecule has 1 amide bonds. The normalized spacial score (nSPS) is 11.1. The summed E-state index contributed by atoms with van der Waals surface area (Å²) in [5, 5.41) is 7.51. The number of aromatic nitrogens is 5. The number of rotatable bonds is 9. The SMILES string of the molecule is CCOc1ccn(-c2ccc(F)cc2)c(=O)c1CC(=O)Nc1ccc(Oc2ccnc3[nH]cc(-c4cnn(C)c4)c23)c(F)c1. The molecule has 0 saturated heterocycles. The van der Waals surface area contributed by atoms with Crippen LogP contribution in [0.4, 0.5) is 14.5 Å². The molecule has 0 aliphatic rings. The van der Waals surface area contributed by atoms with E-state index in [-0.39, 0.29) is 35.8 Å². The van der Waals surface area contributed by atoms with Gasteiger partial charge in [-0.3, -0.25) is 18.8 Å². The van der Waals surface area contributed by atoms with E-state index >= 15 is 4.39 Å². The first-order valence-electron chi connectivity index (χ1n) is 13.7. The number of ether oxygens (including phenoxy) is 2. The molecule has 0 aliphatic heterocycles. The number of anilines is 1. The molecule has 4 aromatic heterocycles. The molecular formula is C32H26F2N6O4. The second-order valence-corrected chi connectivity index (χ2v) is 9.85. The molecule has 6 rings (SSSR count). The van der Waals surface area contributed by atoms with Crippen LogP contribution in [-0.2, 0) is 18.3 Å². The number of H-pyrrole nitrogens is 1. The van der Waals surface area contributed by atoms with Crippen LogP contribution in [0.5, 0.6) is 17.2 Å². The number of fused-ring (bicyclic) bond motifs is 1. The number of aryl methyl sites for hydroxylation is 1. The van der Waals surface area contributed by atoms with Gasteiger partial charge in [-0.1, -0.05) is 0 Å². The maximum atomic E-state index is 15.3. The van der Waals surface area contributed by atoms with Crippen LogP contribution in [0.3, 0.4) is 0 Å². The van der Waals surface area contributed by atoms with Crippen LogP contribution in [0.25, 0.3) is 27.8 Å². The highest BCUT2D eigenvalue weighted by Crippen LogP contribution is 2.37. The van der Waals surface area contributed by atoms with Gasteiger partial charge in [0.2, 0.25) is 5.91 Å². The van der Waals surface area contributed by atoms with Gasteiger partial charge in [-0.05, 0) is 55.5 Å². The second-order valence-electron chi connectivity index (χ2n) is 9.85. The highest BCUT2D eigenvalue weighted by molar-refractivity contribution is 5.98. The minimum Gasteiger partial charge on any atom is -0.493 e. The molecule has 12 heteroatoms. The predicted molar refractivity (Wildman–Crippen MR) is 160 cm³/mol. The minimum atomic E-state index is -0.709. The molecule has 0 atom stereocenters. The molecule has 0 aliphatic carbocycles. The molecule has 0 fully saturated rings. The third kappa shape index (κ3) is 5.64. The van der Waals surface area contributed by atoms with Gasteiger partial charge in [0.15, 0.2) is 11.6 Å². The Hall–Kier alpha value is -5.78. The van der Waals surface area contributed by atoms with E-state index in [0.29, 0.717) is 22.5 Å². The lowest BCUT2D eigenvalue weighted by Gasteiger charge is -2.14. The van der Waals surface area contributed by atoms with Crippen LogP contribution in [0.1, 0.15) is 12.5 Å². The number of nitrogens with one attached hydrogen (secondary N) is 2. The van der Waals surface area contributed by atoms with E-state index < -0.39 is 23.1 Å². The van der Waals surface area contributed by atoms with Crippen molar-refractivity contribution < 1.29 is 23.0 Å². The highest BCUT2D eigenvalue weighted by atomic mass is 19.1. The third-order valence-electron chi connectivity index (χ3n) is 6.88. The number of hydrogen-bond donors (Lipinski definition) is 2. The van der Waals surface area contributed by atoms with Gasteiger partial charge in [-0.2, -0.15) is 5.10 Å². The summed E-state index contributed by atoms with van der Waals surface area (Å²) >= 11 is 0. The summed E-state index contributed by atoms with van der Waals surface area (Å²) in [6.07, 6.45) is 8.06. The summed E-state index contributed by atoms with van der Waals surface area (Å²) in [5.74, 6) is -1.13. The summed E-state index contributed by atoms with van der Waals surface area (Å²) in [7, 11) is 1.81. The Kier molecular flexibility index (Phi) is 7.63. The van der Waals surface area contributed by atoms with E-state index in [4.69, 9.17) is 9.47 Å². The van der Waals surface area contributed by atoms with Crippen LogP contribution < -0.4 is 20.3 Å². The van der Waals surface area contributed by atoms with E-state index in [2.05, 4.69) is 20.4 Å². The number of aromatic amines is 1. The fourth-order valence-electron chi connectivity index (χ4n) is 4.86. The van der Waals surface area contributed by atoms with Gasteiger partial charge in [0, 0.05) is 60.4 Å². The zero-order valence-electron chi connectivity index (χ0n) is 23.7. The topological polar surface area (TPSA) is 116 Å². The average molecular weight is 597 g/mol. The van der Waals surface area contributed by atoms with Gasteiger partial charge in [-0.15, -0.1) is 0 Å². The Labute approximate surface area is 249 Å².